The van der Waals surface area contributed by atoms with Gasteiger partial charge in [-0.2, -0.15) is 10.4 Å². The van der Waals surface area contributed by atoms with Gasteiger partial charge < -0.3 is 58.9 Å². The van der Waals surface area contributed by atoms with E-state index in [0.29, 0.717) is 83.7 Å². The first-order chi connectivity index (χ1) is 41.6. The average Bonchev–Trinajstić information content (AvgIpc) is 1.69. The number of nitrogens with one attached hydrogen (secondary N) is 1. The molecule has 5 heterocycles. The van der Waals surface area contributed by atoms with Gasteiger partial charge in [0, 0.05) is 61.8 Å². The number of aliphatic imine (C=N–C) groups is 1. The standard InChI is InChI=1S/C60H65Cl2FN12O11/c1-37(2)85-50-32-43(80-4)14-16-44(50)57-69-54(38-5-9-40(61)10-6-38)55(39-7-11-41(62)12-8-39)75(57)60(79)73-21-20-72(52(77)36-73)22-24-82-26-28-84-30-29-83-27-25-81-23-17-51(76)66-18-19-74-48-35-71(3)59(78)45-15-13-42(63)31-49(45)86-58-56(65)67-34-47(68-58)53(48)46(33-64)70-74/h5-16,31-32,34,37,54-55H,17-30,35-36H2,1-4H3,(H2,65,67)(H,66,76)/t54-,55+/m1/s1. The molecule has 5 amide bonds. The number of hydrogen-bond donors (Lipinski definition) is 2. The van der Waals surface area contributed by atoms with E-state index in [4.69, 9.17) is 67.1 Å². The van der Waals surface area contributed by atoms with Crippen LogP contribution in [0.15, 0.2) is 96.1 Å². The van der Waals surface area contributed by atoms with Crippen LogP contribution < -0.4 is 25.3 Å². The number of methoxy groups -OCH3 is 1. The molecule has 4 aromatic carbocycles. The van der Waals surface area contributed by atoms with Gasteiger partial charge in [0.15, 0.2) is 11.5 Å². The fourth-order valence-corrected chi connectivity index (χ4v) is 10.2. The molecule has 3 N–H and O–H groups in total. The number of piperazine rings is 1. The smallest absolute Gasteiger partial charge is 0.326 e. The molecule has 2 bridgehead atoms. The van der Waals surface area contributed by atoms with Crippen LogP contribution >= 0.6 is 23.2 Å². The number of carbonyl (C=O) groups excluding carboxylic acids is 4. The fraction of sp³-hybridized carbons (Fsp3) is 0.383. The lowest BCUT2D eigenvalue weighted by Gasteiger charge is -2.38. The van der Waals surface area contributed by atoms with E-state index >= 15 is 4.79 Å². The number of carbonyl (C=O) groups is 4. The molecule has 1 saturated heterocycles. The Morgan fingerprint density at radius 3 is 2.17 bits per heavy atom. The van der Waals surface area contributed by atoms with Crippen molar-refractivity contribution in [1.29, 1.82) is 5.26 Å². The maximum Gasteiger partial charge on any atom is 0.326 e. The number of aromatic nitrogens is 4. The second-order valence-electron chi connectivity index (χ2n) is 20.3. The Labute approximate surface area is 506 Å². The molecule has 23 nitrogen and oxygen atoms in total. The van der Waals surface area contributed by atoms with Crippen LogP contribution in [0.4, 0.5) is 15.0 Å². The molecule has 3 aliphatic rings. The molecule has 3 aliphatic heterocycles. The summed E-state index contributed by atoms with van der Waals surface area (Å²) < 4.78 is 56.1. The summed E-state index contributed by atoms with van der Waals surface area (Å²) in [6, 6.07) is 24.1. The van der Waals surface area contributed by atoms with Crippen molar-refractivity contribution in [3.05, 3.63) is 141 Å². The number of anilines is 1. The van der Waals surface area contributed by atoms with Crippen molar-refractivity contribution in [1.82, 2.24) is 44.7 Å². The summed E-state index contributed by atoms with van der Waals surface area (Å²) in [5.74, 6) is -0.602. The molecule has 26 heteroatoms. The first-order valence-electron chi connectivity index (χ1n) is 27.8. The molecule has 0 radical (unpaired) electrons. The van der Waals surface area contributed by atoms with E-state index in [-0.39, 0.29) is 118 Å². The molecule has 0 spiro atoms. The maximum atomic E-state index is 15.1. The zero-order chi connectivity index (χ0) is 60.9. The van der Waals surface area contributed by atoms with Crippen LogP contribution in [0.25, 0.3) is 11.3 Å². The number of hydrogen-bond acceptors (Lipinski definition) is 17. The molecule has 0 unspecified atom stereocenters. The largest absolute Gasteiger partial charge is 0.497 e. The molecule has 2 aromatic heterocycles. The van der Waals surface area contributed by atoms with Gasteiger partial charge in [0.25, 0.3) is 11.8 Å². The number of nitriles is 1. The number of urea groups is 1. The third-order valence-electron chi connectivity index (χ3n) is 14.1. The maximum absolute atomic E-state index is 15.1. The average molecular weight is 1220 g/mol. The Balaban J connectivity index is 0.674. The zero-order valence-electron chi connectivity index (χ0n) is 47.9. The number of nitrogen functional groups attached to an aromatic ring is 1. The Bertz CT molecular complexity index is 3480. The van der Waals surface area contributed by atoms with Crippen LogP contribution in [0, 0.1) is 17.1 Å². The third-order valence-corrected chi connectivity index (χ3v) is 14.6. The zero-order valence-corrected chi connectivity index (χ0v) is 49.4. The highest BCUT2D eigenvalue weighted by molar-refractivity contribution is 6.30. The molecule has 0 saturated carbocycles. The van der Waals surface area contributed by atoms with E-state index in [9.17, 15) is 24.0 Å². The number of nitrogens with zero attached hydrogens (tertiary/aromatic N) is 10. The van der Waals surface area contributed by atoms with Gasteiger partial charge in [0.2, 0.25) is 11.8 Å². The number of amides is 5. The van der Waals surface area contributed by atoms with E-state index in [0.717, 1.165) is 23.3 Å². The van der Waals surface area contributed by atoms with Crippen LogP contribution in [-0.4, -0.2) is 175 Å². The Morgan fingerprint density at radius 1 is 0.849 bits per heavy atom. The number of amidine groups is 1. The van der Waals surface area contributed by atoms with Crippen molar-refractivity contribution in [3.8, 4) is 40.5 Å². The summed E-state index contributed by atoms with van der Waals surface area (Å²) >= 11 is 12.7. The quantitative estimate of drug-likeness (QED) is 0.0556. The lowest BCUT2D eigenvalue weighted by atomic mass is 9.93. The number of rotatable bonds is 24. The van der Waals surface area contributed by atoms with Gasteiger partial charge in [-0.3, -0.25) is 29.0 Å². The van der Waals surface area contributed by atoms with Gasteiger partial charge in [0.05, 0.1) is 119 Å². The Morgan fingerprint density at radius 2 is 1.51 bits per heavy atom. The minimum absolute atomic E-state index is 0.000912. The van der Waals surface area contributed by atoms with Crippen molar-refractivity contribution in [3.63, 3.8) is 0 Å². The van der Waals surface area contributed by atoms with Crippen molar-refractivity contribution in [2.45, 2.75) is 51.5 Å². The number of benzene rings is 4. The minimum Gasteiger partial charge on any atom is -0.497 e. The summed E-state index contributed by atoms with van der Waals surface area (Å²) in [6.45, 7) is 6.98. The number of ether oxygens (including phenoxy) is 7. The number of halogens is 3. The van der Waals surface area contributed by atoms with Crippen molar-refractivity contribution >= 4 is 58.6 Å². The second-order valence-corrected chi connectivity index (χ2v) is 21.2. The molecule has 452 valence electrons. The van der Waals surface area contributed by atoms with Crippen LogP contribution in [0.2, 0.25) is 10.0 Å². The van der Waals surface area contributed by atoms with Crippen molar-refractivity contribution in [2.75, 3.05) is 105 Å². The highest BCUT2D eigenvalue weighted by Crippen LogP contribution is 2.46. The van der Waals surface area contributed by atoms with E-state index in [1.807, 2.05) is 44.2 Å². The molecular formula is C60H65Cl2FN12O11. The number of fused-ring (bicyclic) bond motifs is 5. The lowest BCUT2D eigenvalue weighted by Crippen LogP contribution is -2.56. The molecule has 1 fully saturated rings. The van der Waals surface area contributed by atoms with Gasteiger partial charge in [-0.1, -0.05) is 47.5 Å². The summed E-state index contributed by atoms with van der Waals surface area (Å²) in [6.07, 6.45) is 1.22. The summed E-state index contributed by atoms with van der Waals surface area (Å²) in [4.78, 5) is 75.3. The van der Waals surface area contributed by atoms with E-state index < -0.39 is 29.8 Å². The van der Waals surface area contributed by atoms with Crippen LogP contribution in [0.3, 0.4) is 0 Å². The Hall–Kier alpha value is -8.44. The van der Waals surface area contributed by atoms with Gasteiger partial charge in [-0.15, -0.1) is 0 Å². The predicted molar refractivity (Wildman–Crippen MR) is 315 cm³/mol. The molecule has 9 rings (SSSR count). The summed E-state index contributed by atoms with van der Waals surface area (Å²) in [7, 11) is 3.12. The molecular weight excluding hydrogens is 1150 g/mol. The van der Waals surface area contributed by atoms with Gasteiger partial charge in [0.1, 0.15) is 47.6 Å². The fourth-order valence-electron chi connectivity index (χ4n) is 9.90. The third kappa shape index (κ3) is 15.1. The van der Waals surface area contributed by atoms with Gasteiger partial charge >= 0.3 is 6.03 Å². The van der Waals surface area contributed by atoms with Gasteiger partial charge in [-0.05, 0) is 73.5 Å². The second kappa shape index (κ2) is 29.1. The Kier molecular flexibility index (Phi) is 21.0. The normalized spacial score (nSPS) is 15.8. The van der Waals surface area contributed by atoms with Crippen LogP contribution in [0.1, 0.15) is 70.8 Å². The molecule has 2 atom stereocenters. The van der Waals surface area contributed by atoms with E-state index in [1.165, 1.54) is 21.8 Å². The van der Waals surface area contributed by atoms with Crippen LogP contribution in [0.5, 0.6) is 23.1 Å². The SMILES string of the molecule is COc1ccc(C2=N[C@H](c3ccc(Cl)cc3)[C@H](c3ccc(Cl)cc3)N2C(=O)N2CCN(CCOCCOCCOCCOCCC(=O)NCCn3nc(C#N)c4c3CN(C)C(=O)c3ccc(F)cc3Oc3nc-4cnc3N)C(=O)C2)c(OC(C)C)c1. The lowest BCUT2D eigenvalue weighted by molar-refractivity contribution is -0.135. The monoisotopic (exact) mass is 1220 g/mol. The highest BCUT2D eigenvalue weighted by atomic mass is 35.5. The van der Waals surface area contributed by atoms with Gasteiger partial charge in [-0.25, -0.2) is 19.2 Å². The minimum atomic E-state index is -0.639. The number of nitrogens with two attached hydrogens (primary N) is 1. The van der Waals surface area contributed by atoms with E-state index in [2.05, 4.69) is 26.5 Å². The first kappa shape index (κ1) is 62.1. The van der Waals surface area contributed by atoms with Crippen molar-refractivity contribution in [2.24, 2.45) is 4.99 Å². The molecule has 86 heavy (non-hydrogen) atoms. The van der Waals surface area contributed by atoms with E-state index in [1.54, 1.807) is 65.3 Å². The predicted octanol–water partition coefficient (Wildman–Crippen LogP) is 7.50. The van der Waals surface area contributed by atoms with Crippen LogP contribution in [-0.2, 0) is 41.6 Å². The summed E-state index contributed by atoms with van der Waals surface area (Å²) in [5, 5.41) is 18.5. The molecule has 0 aliphatic carbocycles. The molecule has 6 aromatic rings. The first-order valence-corrected chi connectivity index (χ1v) is 28.6. The summed E-state index contributed by atoms with van der Waals surface area (Å²) in [5.41, 5.74) is 9.25. The highest BCUT2D eigenvalue weighted by Gasteiger charge is 2.46. The topological polar surface area (TPSA) is 264 Å². The van der Waals surface area contributed by atoms with Crippen molar-refractivity contribution < 1.29 is 56.7 Å².